The zero-order chi connectivity index (χ0) is 15.6. The van der Waals surface area contributed by atoms with Crippen molar-refractivity contribution >= 4 is 11.8 Å². The quantitative estimate of drug-likeness (QED) is 0.920. The van der Waals surface area contributed by atoms with Crippen LogP contribution in [0.4, 0.5) is 0 Å². The fraction of sp³-hybridized carbons (Fsp3) is 0.667. The van der Waals surface area contributed by atoms with Crippen LogP contribution in [0, 0.1) is 20.8 Å². The van der Waals surface area contributed by atoms with Crippen LogP contribution >= 0.6 is 11.8 Å². The molecule has 1 aliphatic rings. The number of hydrogen-bond donors (Lipinski definition) is 1. The molecule has 1 aromatic carbocycles. The van der Waals surface area contributed by atoms with Crippen LogP contribution < -0.4 is 5.73 Å². The first-order chi connectivity index (χ1) is 9.84. The normalized spacial score (nSPS) is 21.0. The van der Waals surface area contributed by atoms with Crippen molar-refractivity contribution in [1.29, 1.82) is 0 Å². The maximum absolute atomic E-state index is 6.18. The lowest BCUT2D eigenvalue weighted by Gasteiger charge is -2.32. The van der Waals surface area contributed by atoms with Crippen LogP contribution in [0.1, 0.15) is 48.6 Å². The lowest BCUT2D eigenvalue weighted by Crippen LogP contribution is -2.36. The Morgan fingerprint density at radius 1 is 1.19 bits per heavy atom. The number of nitrogens with two attached hydrogens (primary N) is 1. The maximum Gasteiger partial charge on any atom is 0.0476 e. The summed E-state index contributed by atoms with van der Waals surface area (Å²) in [6.45, 7) is 14.4. The van der Waals surface area contributed by atoms with Crippen LogP contribution in [0.3, 0.4) is 0 Å². The van der Waals surface area contributed by atoms with Gasteiger partial charge in [-0.15, -0.1) is 0 Å². The molecule has 2 nitrogen and oxygen atoms in total. The third-order valence-corrected chi connectivity index (χ3v) is 5.98. The molecule has 3 heteroatoms. The van der Waals surface area contributed by atoms with Crippen molar-refractivity contribution in [3.05, 3.63) is 34.4 Å². The van der Waals surface area contributed by atoms with Crippen molar-refractivity contribution < 1.29 is 0 Å². The molecule has 0 aromatic heterocycles. The van der Waals surface area contributed by atoms with Gasteiger partial charge in [0.1, 0.15) is 0 Å². The molecule has 1 saturated heterocycles. The molecule has 1 unspecified atom stereocenters. The summed E-state index contributed by atoms with van der Waals surface area (Å²) in [6.07, 6.45) is 1.23. The first-order valence-electron chi connectivity index (χ1n) is 8.00. The molecule has 2 N–H and O–H groups in total. The van der Waals surface area contributed by atoms with E-state index in [0.29, 0.717) is 17.3 Å². The zero-order valence-corrected chi connectivity index (χ0v) is 15.0. The fourth-order valence-electron chi connectivity index (χ4n) is 3.51. The molecule has 118 valence electrons. The predicted molar refractivity (Wildman–Crippen MR) is 95.2 cm³/mol. The Labute approximate surface area is 134 Å². The maximum atomic E-state index is 6.18. The Morgan fingerprint density at radius 2 is 1.81 bits per heavy atom. The van der Waals surface area contributed by atoms with Gasteiger partial charge in [0.15, 0.2) is 0 Å². The van der Waals surface area contributed by atoms with Crippen molar-refractivity contribution in [3.63, 3.8) is 0 Å². The zero-order valence-electron chi connectivity index (χ0n) is 14.2. The summed E-state index contributed by atoms with van der Waals surface area (Å²) in [7, 11) is 0. The smallest absolute Gasteiger partial charge is 0.0476 e. The van der Waals surface area contributed by atoms with E-state index in [1.165, 1.54) is 34.4 Å². The Hall–Kier alpha value is -0.510. The standard InChI is InChI=1S/C18H30N2S/c1-13-10-14(2)17(15(3)11-13)16(12-19)20-7-6-18(4,5)21-9-8-20/h10-11,16H,6-9,12,19H2,1-5H3. The number of rotatable bonds is 3. The Balaban J connectivity index is 2.28. The van der Waals surface area contributed by atoms with E-state index in [9.17, 15) is 0 Å². The second kappa shape index (κ2) is 6.72. The minimum absolute atomic E-state index is 0.361. The molecule has 21 heavy (non-hydrogen) atoms. The molecule has 0 saturated carbocycles. The summed E-state index contributed by atoms with van der Waals surface area (Å²) in [6, 6.07) is 4.95. The number of aryl methyl sites for hydroxylation is 3. The van der Waals surface area contributed by atoms with E-state index in [1.807, 2.05) is 0 Å². The number of hydrogen-bond acceptors (Lipinski definition) is 3. The highest BCUT2D eigenvalue weighted by Crippen LogP contribution is 2.35. The molecule has 1 heterocycles. The Kier molecular flexibility index (Phi) is 5.39. The van der Waals surface area contributed by atoms with Gasteiger partial charge in [0.2, 0.25) is 0 Å². The summed E-state index contributed by atoms with van der Waals surface area (Å²) in [5.74, 6) is 1.20. The average molecular weight is 307 g/mol. The molecule has 1 atom stereocenters. The van der Waals surface area contributed by atoms with Crippen LogP contribution in [0.15, 0.2) is 12.1 Å². The summed E-state index contributed by atoms with van der Waals surface area (Å²) in [5.41, 5.74) is 11.8. The van der Waals surface area contributed by atoms with E-state index >= 15 is 0 Å². The molecule has 0 amide bonds. The summed E-state index contributed by atoms with van der Waals surface area (Å²) in [4.78, 5) is 2.60. The summed E-state index contributed by atoms with van der Waals surface area (Å²) >= 11 is 2.10. The second-order valence-electron chi connectivity index (χ2n) is 6.96. The predicted octanol–water partition coefficient (Wildman–Crippen LogP) is 3.83. The topological polar surface area (TPSA) is 29.3 Å². The summed E-state index contributed by atoms with van der Waals surface area (Å²) in [5, 5.41) is 0. The minimum Gasteiger partial charge on any atom is -0.329 e. The lowest BCUT2D eigenvalue weighted by molar-refractivity contribution is 0.209. The van der Waals surface area contributed by atoms with Gasteiger partial charge in [-0.3, -0.25) is 4.90 Å². The highest BCUT2D eigenvalue weighted by molar-refractivity contribution is 8.00. The minimum atomic E-state index is 0.361. The molecular formula is C18H30N2S. The third kappa shape index (κ3) is 4.02. The van der Waals surface area contributed by atoms with E-state index in [-0.39, 0.29) is 0 Å². The van der Waals surface area contributed by atoms with E-state index < -0.39 is 0 Å². The van der Waals surface area contributed by atoms with Crippen LogP contribution in [0.2, 0.25) is 0 Å². The Bertz CT molecular complexity index is 473. The molecule has 0 aliphatic carbocycles. The first-order valence-corrected chi connectivity index (χ1v) is 8.98. The highest BCUT2D eigenvalue weighted by Gasteiger charge is 2.28. The number of thioether (sulfide) groups is 1. The molecular weight excluding hydrogens is 276 g/mol. The fourth-order valence-corrected chi connectivity index (χ4v) is 4.63. The molecule has 0 radical (unpaired) electrons. The van der Waals surface area contributed by atoms with E-state index in [1.54, 1.807) is 0 Å². The van der Waals surface area contributed by atoms with Gasteiger partial charge in [-0.2, -0.15) is 11.8 Å². The second-order valence-corrected chi connectivity index (χ2v) is 8.76. The average Bonchev–Trinajstić information content (AvgIpc) is 2.55. The van der Waals surface area contributed by atoms with Gasteiger partial charge in [0.05, 0.1) is 0 Å². The van der Waals surface area contributed by atoms with E-state index in [2.05, 4.69) is 63.4 Å². The summed E-state index contributed by atoms with van der Waals surface area (Å²) < 4.78 is 0.394. The van der Waals surface area contributed by atoms with Gasteiger partial charge in [-0.05, 0) is 43.9 Å². The van der Waals surface area contributed by atoms with Crippen molar-refractivity contribution in [3.8, 4) is 0 Å². The van der Waals surface area contributed by atoms with Crippen molar-refractivity contribution in [2.45, 2.75) is 51.8 Å². The van der Waals surface area contributed by atoms with Crippen molar-refractivity contribution in [2.24, 2.45) is 5.73 Å². The van der Waals surface area contributed by atoms with Gasteiger partial charge in [-0.25, -0.2) is 0 Å². The highest BCUT2D eigenvalue weighted by atomic mass is 32.2. The van der Waals surface area contributed by atoms with Gasteiger partial charge in [0.25, 0.3) is 0 Å². The van der Waals surface area contributed by atoms with Gasteiger partial charge >= 0.3 is 0 Å². The molecule has 2 rings (SSSR count). The molecule has 0 bridgehead atoms. The SMILES string of the molecule is Cc1cc(C)c(C(CN)N2CCSC(C)(C)CC2)c(C)c1. The Morgan fingerprint density at radius 3 is 2.38 bits per heavy atom. The van der Waals surface area contributed by atoms with Crippen LogP contribution in [-0.2, 0) is 0 Å². The number of benzene rings is 1. The van der Waals surface area contributed by atoms with Crippen LogP contribution in [0.5, 0.6) is 0 Å². The van der Waals surface area contributed by atoms with Crippen LogP contribution in [-0.4, -0.2) is 35.0 Å². The number of nitrogens with zero attached hydrogens (tertiary/aromatic N) is 1. The largest absolute Gasteiger partial charge is 0.329 e. The molecule has 1 fully saturated rings. The molecule has 0 spiro atoms. The van der Waals surface area contributed by atoms with Gasteiger partial charge < -0.3 is 5.73 Å². The van der Waals surface area contributed by atoms with Crippen LogP contribution in [0.25, 0.3) is 0 Å². The molecule has 1 aromatic rings. The van der Waals surface area contributed by atoms with E-state index in [4.69, 9.17) is 5.73 Å². The van der Waals surface area contributed by atoms with E-state index in [0.717, 1.165) is 13.1 Å². The molecule has 1 aliphatic heterocycles. The monoisotopic (exact) mass is 306 g/mol. The lowest BCUT2D eigenvalue weighted by atomic mass is 9.92. The van der Waals surface area contributed by atoms with Gasteiger partial charge in [0, 0.05) is 36.2 Å². The van der Waals surface area contributed by atoms with Crippen molar-refractivity contribution in [2.75, 3.05) is 25.4 Å². The van der Waals surface area contributed by atoms with Gasteiger partial charge in [-0.1, -0.05) is 31.5 Å². The van der Waals surface area contributed by atoms with Crippen molar-refractivity contribution in [1.82, 2.24) is 4.90 Å². The third-order valence-electron chi connectivity index (χ3n) is 4.61. The first kappa shape index (κ1) is 16.9.